The Morgan fingerprint density at radius 2 is 0.762 bits per heavy atom. The van der Waals surface area contributed by atoms with Crippen LogP contribution in [0.2, 0.25) is 0 Å². The van der Waals surface area contributed by atoms with Gasteiger partial charge >= 0.3 is 0 Å². The van der Waals surface area contributed by atoms with Crippen LogP contribution >= 0.6 is 0 Å². The Bertz CT molecular complexity index is 3440. The van der Waals surface area contributed by atoms with Crippen LogP contribution in [0, 0.1) is 0 Å². The Hall–Kier alpha value is -8.20. The Kier molecular flexibility index (Phi) is 8.76. The van der Waals surface area contributed by atoms with Gasteiger partial charge in [-0.3, -0.25) is 0 Å². The molecule has 0 fully saturated rings. The summed E-state index contributed by atoms with van der Waals surface area (Å²) in [6.45, 7) is 0. The van der Waals surface area contributed by atoms with Gasteiger partial charge in [0.25, 0.3) is 0 Å². The van der Waals surface area contributed by atoms with E-state index >= 15 is 0 Å². The predicted molar refractivity (Wildman–Crippen MR) is 262 cm³/mol. The number of nitrogens with zero attached hydrogens (tertiary/aromatic N) is 2. The van der Waals surface area contributed by atoms with E-state index in [0.29, 0.717) is 5.82 Å². The van der Waals surface area contributed by atoms with Gasteiger partial charge < -0.3 is 0 Å². The molecule has 0 saturated carbocycles. The maximum atomic E-state index is 5.41. The molecule has 2 heteroatoms. The van der Waals surface area contributed by atoms with Crippen molar-refractivity contribution >= 4 is 21.5 Å². The minimum absolute atomic E-state index is 0.480. The summed E-state index contributed by atoms with van der Waals surface area (Å²) in [5.74, 6) is 0.696. The summed E-state index contributed by atoms with van der Waals surface area (Å²) in [6.07, 6.45) is 0. The van der Waals surface area contributed by atoms with Crippen LogP contribution in [0.15, 0.2) is 243 Å². The first-order chi connectivity index (χ1) is 31.2. The van der Waals surface area contributed by atoms with Crippen LogP contribution in [0.4, 0.5) is 0 Å². The van der Waals surface area contributed by atoms with E-state index in [1.54, 1.807) is 0 Å². The molecule has 294 valence electrons. The van der Waals surface area contributed by atoms with Crippen molar-refractivity contribution in [2.24, 2.45) is 0 Å². The van der Waals surface area contributed by atoms with E-state index in [4.69, 9.17) is 9.97 Å². The molecule has 10 aromatic carbocycles. The first-order valence-corrected chi connectivity index (χ1v) is 21.6. The monoisotopic (exact) mass is 800 g/mol. The Balaban J connectivity index is 1.04. The van der Waals surface area contributed by atoms with Crippen LogP contribution in [0.1, 0.15) is 22.3 Å². The number of fused-ring (bicyclic) bond motifs is 5. The molecular formula is C61H40N2. The summed E-state index contributed by atoms with van der Waals surface area (Å²) in [6, 6.07) is 87.7. The quantitative estimate of drug-likeness (QED) is 0.160. The van der Waals surface area contributed by atoms with Gasteiger partial charge in [0.2, 0.25) is 0 Å². The number of hydrogen-bond donors (Lipinski definition) is 0. The van der Waals surface area contributed by atoms with Gasteiger partial charge in [0.15, 0.2) is 5.82 Å². The first kappa shape index (κ1) is 36.6. The van der Waals surface area contributed by atoms with Gasteiger partial charge in [0.05, 0.1) is 16.8 Å². The molecule has 1 aliphatic rings. The molecule has 2 nitrogen and oxygen atoms in total. The van der Waals surface area contributed by atoms with Crippen molar-refractivity contribution in [1.82, 2.24) is 9.97 Å². The van der Waals surface area contributed by atoms with Gasteiger partial charge in [-0.15, -0.1) is 0 Å². The van der Waals surface area contributed by atoms with E-state index in [0.717, 1.165) is 44.2 Å². The first-order valence-electron chi connectivity index (χ1n) is 21.6. The fourth-order valence-corrected chi connectivity index (χ4v) is 10.1. The lowest BCUT2D eigenvalue weighted by molar-refractivity contribution is 0.769. The number of aromatic nitrogens is 2. The van der Waals surface area contributed by atoms with Gasteiger partial charge in [0, 0.05) is 16.7 Å². The lowest BCUT2D eigenvalue weighted by atomic mass is 9.67. The van der Waals surface area contributed by atoms with E-state index < -0.39 is 5.41 Å². The van der Waals surface area contributed by atoms with Gasteiger partial charge in [-0.2, -0.15) is 0 Å². The highest BCUT2D eigenvalue weighted by molar-refractivity contribution is 6.05. The molecule has 11 aromatic rings. The normalized spacial score (nSPS) is 12.6. The largest absolute Gasteiger partial charge is 0.228 e. The number of hydrogen-bond acceptors (Lipinski definition) is 2. The molecule has 63 heavy (non-hydrogen) atoms. The maximum absolute atomic E-state index is 5.41. The molecule has 1 aromatic heterocycles. The zero-order chi connectivity index (χ0) is 41.7. The van der Waals surface area contributed by atoms with Crippen LogP contribution in [0.5, 0.6) is 0 Å². The fourth-order valence-electron chi connectivity index (χ4n) is 10.1. The van der Waals surface area contributed by atoms with E-state index in [1.165, 1.54) is 61.0 Å². The van der Waals surface area contributed by atoms with Crippen molar-refractivity contribution < 1.29 is 0 Å². The highest BCUT2D eigenvalue weighted by atomic mass is 14.9. The molecule has 12 rings (SSSR count). The SMILES string of the molecule is c1ccc(-c2ccc(-c3cc(-c4cccc5ccccc45)nc(-c4ccc(-c5ccc6c(c5)C(c5ccccc5)(c5ccccc5)c5ccccc5-6)c5ccccc45)n3)cc2)cc1. The molecule has 1 aliphatic carbocycles. The van der Waals surface area contributed by atoms with Gasteiger partial charge in [-0.1, -0.05) is 224 Å². The summed E-state index contributed by atoms with van der Waals surface area (Å²) in [5, 5.41) is 4.61. The van der Waals surface area contributed by atoms with Crippen LogP contribution in [-0.4, -0.2) is 9.97 Å². The topological polar surface area (TPSA) is 25.8 Å². The van der Waals surface area contributed by atoms with Crippen molar-refractivity contribution in [1.29, 1.82) is 0 Å². The second kappa shape index (κ2) is 15.1. The van der Waals surface area contributed by atoms with Crippen LogP contribution in [0.25, 0.3) is 88.8 Å². The standard InChI is InChI=1S/C61H40N2/c1-4-17-41(18-5-1)42-31-33-44(34-32-42)58-40-59(54-29-16-20-43-19-10-11-25-48(43)54)63-60(62-58)55-38-37-49(50-26-12-13-27-51(50)55)45-35-36-53-52-28-14-15-30-56(52)61(57(53)39-45,46-21-6-2-7-22-46)47-23-8-3-9-24-47/h1-40H. The predicted octanol–water partition coefficient (Wildman–Crippen LogP) is 15.5. The van der Waals surface area contributed by atoms with Crippen molar-refractivity contribution in [3.8, 4) is 67.3 Å². The average molecular weight is 801 g/mol. The molecule has 0 N–H and O–H groups in total. The Morgan fingerprint density at radius 1 is 0.270 bits per heavy atom. The smallest absolute Gasteiger partial charge is 0.161 e. The van der Waals surface area contributed by atoms with E-state index in [9.17, 15) is 0 Å². The van der Waals surface area contributed by atoms with Crippen LogP contribution < -0.4 is 0 Å². The van der Waals surface area contributed by atoms with E-state index in [2.05, 4.69) is 243 Å². The van der Waals surface area contributed by atoms with E-state index in [1.807, 2.05) is 0 Å². The summed E-state index contributed by atoms with van der Waals surface area (Å²) in [4.78, 5) is 10.8. The third-order valence-corrected chi connectivity index (χ3v) is 13.0. The van der Waals surface area contributed by atoms with Crippen molar-refractivity contribution in [3.05, 3.63) is 265 Å². The van der Waals surface area contributed by atoms with E-state index in [-0.39, 0.29) is 0 Å². The molecular weight excluding hydrogens is 761 g/mol. The molecule has 0 atom stereocenters. The van der Waals surface area contributed by atoms with Crippen molar-refractivity contribution in [2.75, 3.05) is 0 Å². The summed E-state index contributed by atoms with van der Waals surface area (Å²) >= 11 is 0. The summed E-state index contributed by atoms with van der Waals surface area (Å²) in [5.41, 5.74) is 16.8. The van der Waals surface area contributed by atoms with Gasteiger partial charge in [-0.25, -0.2) is 9.97 Å². The molecule has 0 spiro atoms. The second-order valence-corrected chi connectivity index (χ2v) is 16.4. The van der Waals surface area contributed by atoms with Gasteiger partial charge in [0.1, 0.15) is 0 Å². The Morgan fingerprint density at radius 3 is 1.51 bits per heavy atom. The number of benzene rings is 10. The third-order valence-electron chi connectivity index (χ3n) is 13.0. The van der Waals surface area contributed by atoms with Crippen molar-refractivity contribution in [2.45, 2.75) is 5.41 Å². The zero-order valence-corrected chi connectivity index (χ0v) is 34.5. The molecule has 0 unspecified atom stereocenters. The molecule has 0 aliphatic heterocycles. The average Bonchev–Trinajstić information content (AvgIpc) is 3.67. The van der Waals surface area contributed by atoms with Gasteiger partial charge in [-0.05, 0) is 95.4 Å². The fraction of sp³-hybridized carbons (Fsp3) is 0.0164. The lowest BCUT2D eigenvalue weighted by Crippen LogP contribution is -2.28. The molecule has 0 saturated heterocycles. The lowest BCUT2D eigenvalue weighted by Gasteiger charge is -2.34. The highest BCUT2D eigenvalue weighted by Crippen LogP contribution is 2.57. The molecule has 0 radical (unpaired) electrons. The highest BCUT2D eigenvalue weighted by Gasteiger charge is 2.46. The number of rotatable bonds is 7. The van der Waals surface area contributed by atoms with Crippen LogP contribution in [-0.2, 0) is 5.41 Å². The minimum Gasteiger partial charge on any atom is -0.228 e. The van der Waals surface area contributed by atoms with Crippen LogP contribution in [0.3, 0.4) is 0 Å². The molecule has 1 heterocycles. The minimum atomic E-state index is -0.480. The second-order valence-electron chi connectivity index (χ2n) is 16.4. The molecule has 0 bridgehead atoms. The summed E-state index contributed by atoms with van der Waals surface area (Å²) in [7, 11) is 0. The third kappa shape index (κ3) is 6.02. The summed E-state index contributed by atoms with van der Waals surface area (Å²) < 4.78 is 0. The zero-order valence-electron chi connectivity index (χ0n) is 34.5. The Labute approximate surface area is 367 Å². The maximum Gasteiger partial charge on any atom is 0.161 e. The van der Waals surface area contributed by atoms with Crippen molar-refractivity contribution in [3.63, 3.8) is 0 Å². The molecule has 0 amide bonds.